The number of aryl methyl sites for hydroxylation is 2. The van der Waals surface area contributed by atoms with Gasteiger partial charge in [0.25, 0.3) is 0 Å². The van der Waals surface area contributed by atoms with E-state index in [1.807, 2.05) is 56.5 Å². The van der Waals surface area contributed by atoms with Crippen LogP contribution in [0.2, 0.25) is 0 Å². The molecule has 0 saturated carbocycles. The van der Waals surface area contributed by atoms with Crippen LogP contribution in [0.5, 0.6) is 5.75 Å². The molecule has 0 aliphatic carbocycles. The quantitative estimate of drug-likeness (QED) is 0.420. The number of benzene rings is 1. The SMILES string of the molecule is CCn1c(SCC(=O)Nc2nc(C)c(C)s2)nnc1[C@@H](C)NC(=O)Cc1ccc(OC)cc1. The number of anilines is 1. The predicted molar refractivity (Wildman–Crippen MR) is 130 cm³/mol. The minimum atomic E-state index is -0.326. The predicted octanol–water partition coefficient (Wildman–Crippen LogP) is 3.53. The second kappa shape index (κ2) is 11.3. The van der Waals surface area contributed by atoms with Crippen LogP contribution in [0.4, 0.5) is 5.13 Å². The number of carbonyl (C=O) groups excluding carboxylic acids is 2. The van der Waals surface area contributed by atoms with Gasteiger partial charge in [0.1, 0.15) is 5.75 Å². The van der Waals surface area contributed by atoms with Crippen molar-refractivity contribution in [2.45, 2.75) is 51.9 Å². The number of rotatable bonds is 10. The van der Waals surface area contributed by atoms with E-state index in [1.54, 1.807) is 7.11 Å². The summed E-state index contributed by atoms with van der Waals surface area (Å²) in [4.78, 5) is 30.2. The topological polar surface area (TPSA) is 111 Å². The van der Waals surface area contributed by atoms with Crippen molar-refractivity contribution in [3.05, 3.63) is 46.2 Å². The fourth-order valence-corrected chi connectivity index (χ4v) is 4.76. The van der Waals surface area contributed by atoms with Gasteiger partial charge in [-0.2, -0.15) is 0 Å². The molecule has 0 fully saturated rings. The molecule has 0 radical (unpaired) electrons. The summed E-state index contributed by atoms with van der Waals surface area (Å²) in [6.07, 6.45) is 0.256. The molecule has 1 atom stereocenters. The molecule has 2 N–H and O–H groups in total. The highest BCUT2D eigenvalue weighted by Crippen LogP contribution is 2.23. The first-order chi connectivity index (χ1) is 15.8. The van der Waals surface area contributed by atoms with E-state index in [1.165, 1.54) is 23.1 Å². The zero-order chi connectivity index (χ0) is 24.0. The molecular formula is C22H28N6O3S2. The zero-order valence-electron chi connectivity index (χ0n) is 19.3. The molecule has 2 amide bonds. The van der Waals surface area contributed by atoms with Gasteiger partial charge in [0.2, 0.25) is 11.8 Å². The Labute approximate surface area is 201 Å². The summed E-state index contributed by atoms with van der Waals surface area (Å²) in [5.74, 6) is 1.32. The highest BCUT2D eigenvalue weighted by Gasteiger charge is 2.20. The number of thiazole rings is 1. The van der Waals surface area contributed by atoms with Crippen molar-refractivity contribution in [2.75, 3.05) is 18.2 Å². The molecule has 3 aromatic rings. The van der Waals surface area contributed by atoms with Crippen LogP contribution in [0.25, 0.3) is 0 Å². The minimum absolute atomic E-state index is 0.110. The first-order valence-electron chi connectivity index (χ1n) is 10.5. The van der Waals surface area contributed by atoms with Crippen LogP contribution < -0.4 is 15.4 Å². The second-order valence-electron chi connectivity index (χ2n) is 7.40. The maximum atomic E-state index is 12.5. The first kappa shape index (κ1) is 24.7. The van der Waals surface area contributed by atoms with Crippen LogP contribution in [-0.2, 0) is 22.6 Å². The number of nitrogens with one attached hydrogen (secondary N) is 2. The van der Waals surface area contributed by atoms with E-state index in [0.29, 0.717) is 22.7 Å². The molecule has 2 aromatic heterocycles. The summed E-state index contributed by atoms with van der Waals surface area (Å²) in [7, 11) is 1.61. The highest BCUT2D eigenvalue weighted by molar-refractivity contribution is 7.99. The fraction of sp³-hybridized carbons (Fsp3) is 0.409. The lowest BCUT2D eigenvalue weighted by Crippen LogP contribution is -2.30. The van der Waals surface area contributed by atoms with E-state index in [4.69, 9.17) is 4.74 Å². The van der Waals surface area contributed by atoms with Crippen molar-refractivity contribution in [1.82, 2.24) is 25.1 Å². The Bertz CT molecular complexity index is 1090. The van der Waals surface area contributed by atoms with Gasteiger partial charge in [-0.05, 0) is 45.4 Å². The molecule has 0 bridgehead atoms. The molecule has 3 rings (SSSR count). The third-order valence-electron chi connectivity index (χ3n) is 4.96. The van der Waals surface area contributed by atoms with Gasteiger partial charge >= 0.3 is 0 Å². The molecule has 0 aliphatic rings. The number of hydrogen-bond donors (Lipinski definition) is 2. The lowest BCUT2D eigenvalue weighted by molar-refractivity contribution is -0.121. The van der Waals surface area contributed by atoms with Crippen LogP contribution in [0, 0.1) is 13.8 Å². The summed E-state index contributed by atoms with van der Waals surface area (Å²) in [6, 6.07) is 7.07. The van der Waals surface area contributed by atoms with Gasteiger partial charge in [-0.15, -0.1) is 21.5 Å². The second-order valence-corrected chi connectivity index (χ2v) is 9.54. The van der Waals surface area contributed by atoms with Crippen molar-refractivity contribution in [3.8, 4) is 5.75 Å². The number of amides is 2. The van der Waals surface area contributed by atoms with E-state index < -0.39 is 0 Å². The van der Waals surface area contributed by atoms with Gasteiger partial charge in [-0.25, -0.2) is 4.98 Å². The maximum Gasteiger partial charge on any atom is 0.236 e. The average Bonchev–Trinajstić information content (AvgIpc) is 3.34. The van der Waals surface area contributed by atoms with Gasteiger partial charge in [-0.1, -0.05) is 23.9 Å². The third-order valence-corrected chi connectivity index (χ3v) is 6.91. The largest absolute Gasteiger partial charge is 0.497 e. The summed E-state index contributed by atoms with van der Waals surface area (Å²) >= 11 is 2.76. The number of thioether (sulfide) groups is 1. The normalized spacial score (nSPS) is 11.8. The lowest BCUT2D eigenvalue weighted by atomic mass is 10.1. The average molecular weight is 489 g/mol. The van der Waals surface area contributed by atoms with Crippen molar-refractivity contribution in [2.24, 2.45) is 0 Å². The summed E-state index contributed by atoms with van der Waals surface area (Å²) in [6.45, 7) is 8.36. The van der Waals surface area contributed by atoms with Crippen LogP contribution >= 0.6 is 23.1 Å². The van der Waals surface area contributed by atoms with Crippen LogP contribution in [0.3, 0.4) is 0 Å². The molecular weight excluding hydrogens is 460 g/mol. The summed E-state index contributed by atoms with van der Waals surface area (Å²) < 4.78 is 7.06. The first-order valence-corrected chi connectivity index (χ1v) is 12.3. The Morgan fingerprint density at radius 1 is 1.18 bits per heavy atom. The van der Waals surface area contributed by atoms with Crippen molar-refractivity contribution < 1.29 is 14.3 Å². The van der Waals surface area contributed by atoms with E-state index >= 15 is 0 Å². The standard InChI is InChI=1S/C22H28N6O3S2/c1-6-28-20(14(3)23-18(29)11-16-7-9-17(31-5)10-8-16)26-27-22(28)32-12-19(30)25-21-24-13(2)15(4)33-21/h7-10,14H,6,11-12H2,1-5H3,(H,23,29)(H,24,25,30)/t14-/m1/s1. The van der Waals surface area contributed by atoms with E-state index in [-0.39, 0.29) is 30.0 Å². The van der Waals surface area contributed by atoms with Gasteiger partial charge < -0.3 is 19.9 Å². The van der Waals surface area contributed by atoms with Crippen LogP contribution in [0.15, 0.2) is 29.4 Å². The van der Waals surface area contributed by atoms with Gasteiger partial charge in [0.05, 0.1) is 31.0 Å². The number of methoxy groups -OCH3 is 1. The third kappa shape index (κ3) is 6.55. The molecule has 2 heterocycles. The number of ether oxygens (including phenoxy) is 1. The zero-order valence-corrected chi connectivity index (χ0v) is 21.0. The minimum Gasteiger partial charge on any atom is -0.497 e. The molecule has 0 aliphatic heterocycles. The van der Waals surface area contributed by atoms with Crippen LogP contribution in [-0.4, -0.2) is 44.4 Å². The monoisotopic (exact) mass is 488 g/mol. The highest BCUT2D eigenvalue weighted by atomic mass is 32.2. The van der Waals surface area contributed by atoms with Crippen molar-refractivity contribution in [3.63, 3.8) is 0 Å². The number of hydrogen-bond acceptors (Lipinski definition) is 8. The maximum absolute atomic E-state index is 12.5. The molecule has 0 spiro atoms. The fourth-order valence-electron chi connectivity index (χ4n) is 3.12. The molecule has 9 nitrogen and oxygen atoms in total. The number of nitrogens with zero attached hydrogens (tertiary/aromatic N) is 4. The van der Waals surface area contributed by atoms with Gasteiger partial charge in [0, 0.05) is 11.4 Å². The molecule has 33 heavy (non-hydrogen) atoms. The van der Waals surface area contributed by atoms with Gasteiger partial charge in [0.15, 0.2) is 16.1 Å². The summed E-state index contributed by atoms with van der Waals surface area (Å²) in [5.41, 5.74) is 1.81. The smallest absolute Gasteiger partial charge is 0.236 e. The van der Waals surface area contributed by atoms with Gasteiger partial charge in [-0.3, -0.25) is 9.59 Å². The molecule has 11 heteroatoms. The van der Waals surface area contributed by atoms with E-state index in [9.17, 15) is 9.59 Å². The van der Waals surface area contributed by atoms with Crippen LogP contribution in [0.1, 0.15) is 41.8 Å². The van der Waals surface area contributed by atoms with Crippen molar-refractivity contribution in [1.29, 1.82) is 0 Å². The van der Waals surface area contributed by atoms with Crippen molar-refractivity contribution >= 4 is 40.0 Å². The molecule has 0 saturated heterocycles. The molecule has 176 valence electrons. The summed E-state index contributed by atoms with van der Waals surface area (Å²) in [5, 5.41) is 15.5. The number of aromatic nitrogens is 4. The Morgan fingerprint density at radius 3 is 2.52 bits per heavy atom. The Hall–Kier alpha value is -2.92. The Balaban J connectivity index is 1.56. The molecule has 0 unspecified atom stereocenters. The Kier molecular flexibility index (Phi) is 8.45. The lowest BCUT2D eigenvalue weighted by Gasteiger charge is -2.15. The Morgan fingerprint density at radius 2 is 1.91 bits per heavy atom. The van der Waals surface area contributed by atoms with E-state index in [0.717, 1.165) is 21.9 Å². The molecule has 1 aromatic carbocycles. The number of carbonyl (C=O) groups is 2. The van der Waals surface area contributed by atoms with E-state index in [2.05, 4.69) is 25.8 Å².